The van der Waals surface area contributed by atoms with Gasteiger partial charge in [-0.2, -0.15) is 0 Å². The van der Waals surface area contributed by atoms with E-state index < -0.39 is 5.97 Å². The van der Waals surface area contributed by atoms with Gasteiger partial charge in [-0.25, -0.2) is 4.79 Å². The number of hydrogen-bond donors (Lipinski definition) is 2. The number of carbonyl (C=O) groups is 1. The number of aromatic carboxylic acids is 1. The summed E-state index contributed by atoms with van der Waals surface area (Å²) < 4.78 is 1.91. The fraction of sp³-hybridized carbons (Fsp3) is 0.318. The van der Waals surface area contributed by atoms with E-state index in [1.165, 1.54) is 10.5 Å². The third kappa shape index (κ3) is 4.20. The van der Waals surface area contributed by atoms with Crippen LogP contribution < -0.4 is 5.32 Å². The fourth-order valence-electron chi connectivity index (χ4n) is 3.52. The van der Waals surface area contributed by atoms with E-state index in [0.29, 0.717) is 18.8 Å². The zero-order valence-corrected chi connectivity index (χ0v) is 16.9. The second-order valence-electron chi connectivity index (χ2n) is 6.67. The topological polar surface area (TPSA) is 54.3 Å². The molecule has 3 aromatic rings. The van der Waals surface area contributed by atoms with Crippen molar-refractivity contribution in [2.45, 2.75) is 38.3 Å². The lowest BCUT2D eigenvalue weighted by molar-refractivity contribution is 0.0684. The van der Waals surface area contributed by atoms with Gasteiger partial charge in [0.1, 0.15) is 5.69 Å². The van der Waals surface area contributed by atoms with Crippen LogP contribution in [0.15, 0.2) is 47.4 Å². The van der Waals surface area contributed by atoms with Crippen LogP contribution in [0.4, 0.5) is 0 Å². The van der Waals surface area contributed by atoms with Gasteiger partial charge < -0.3 is 15.0 Å². The molecule has 0 aliphatic carbocycles. The number of rotatable bonds is 8. The molecule has 1 heterocycles. The Bertz CT molecular complexity index is 945. The van der Waals surface area contributed by atoms with E-state index in [9.17, 15) is 9.90 Å². The van der Waals surface area contributed by atoms with Crippen LogP contribution in [-0.2, 0) is 19.5 Å². The highest BCUT2D eigenvalue weighted by atomic mass is 32.2. The molecule has 0 saturated carbocycles. The minimum atomic E-state index is -0.866. The highest BCUT2D eigenvalue weighted by Crippen LogP contribution is 2.27. The van der Waals surface area contributed by atoms with E-state index in [1.54, 1.807) is 11.8 Å². The minimum absolute atomic E-state index is 0.398. The lowest BCUT2D eigenvalue weighted by atomic mass is 10.1. The Balaban J connectivity index is 1.77. The third-order valence-electron chi connectivity index (χ3n) is 4.90. The second kappa shape index (κ2) is 8.63. The van der Waals surface area contributed by atoms with Gasteiger partial charge >= 0.3 is 5.97 Å². The quantitative estimate of drug-likeness (QED) is 0.437. The smallest absolute Gasteiger partial charge is 0.352 e. The molecule has 2 N–H and O–H groups in total. The van der Waals surface area contributed by atoms with Crippen LogP contribution in [0.25, 0.3) is 10.9 Å². The van der Waals surface area contributed by atoms with Gasteiger partial charge in [0.2, 0.25) is 0 Å². The van der Waals surface area contributed by atoms with Crippen LogP contribution >= 0.6 is 11.8 Å². The van der Waals surface area contributed by atoms with E-state index in [1.807, 2.05) is 30.5 Å². The molecule has 0 spiro atoms. The molecule has 0 aliphatic heterocycles. The summed E-state index contributed by atoms with van der Waals surface area (Å²) in [7, 11) is 0. The largest absolute Gasteiger partial charge is 0.477 e. The van der Waals surface area contributed by atoms with Gasteiger partial charge in [-0.15, -0.1) is 11.8 Å². The average Bonchev–Trinajstić information content (AvgIpc) is 2.98. The van der Waals surface area contributed by atoms with Crippen molar-refractivity contribution in [3.8, 4) is 0 Å². The molecule has 3 rings (SSSR count). The summed E-state index contributed by atoms with van der Waals surface area (Å²) in [5.41, 5.74) is 4.69. The van der Waals surface area contributed by atoms with Crippen molar-refractivity contribution in [2.75, 3.05) is 12.8 Å². The summed E-state index contributed by atoms with van der Waals surface area (Å²) in [4.78, 5) is 13.2. The number of carboxylic acid groups (broad SMARTS) is 1. The monoisotopic (exact) mass is 382 g/mol. The molecule has 2 aromatic carbocycles. The van der Waals surface area contributed by atoms with Crippen molar-refractivity contribution < 1.29 is 9.90 Å². The molecule has 5 heteroatoms. The SMILES string of the molecule is CCn1c(C(=O)O)c(CNCCc2ccc(SC)cc2)c2ccc(C)cc21. The minimum Gasteiger partial charge on any atom is -0.477 e. The number of hydrogen-bond acceptors (Lipinski definition) is 3. The van der Waals surface area contributed by atoms with Crippen molar-refractivity contribution in [2.24, 2.45) is 0 Å². The molecule has 0 atom stereocenters. The lowest BCUT2D eigenvalue weighted by Gasteiger charge is -2.08. The molecule has 0 aliphatic rings. The molecular formula is C22H26N2O2S. The van der Waals surface area contributed by atoms with E-state index in [2.05, 4.69) is 41.9 Å². The molecule has 0 fully saturated rings. The maximum Gasteiger partial charge on any atom is 0.352 e. The van der Waals surface area contributed by atoms with Crippen LogP contribution in [-0.4, -0.2) is 28.4 Å². The van der Waals surface area contributed by atoms with Crippen LogP contribution in [0, 0.1) is 6.92 Å². The van der Waals surface area contributed by atoms with Gasteiger partial charge in [0.25, 0.3) is 0 Å². The first kappa shape index (κ1) is 19.5. The van der Waals surface area contributed by atoms with Crippen molar-refractivity contribution >= 4 is 28.6 Å². The van der Waals surface area contributed by atoms with Gasteiger partial charge in [-0.05, 0) is 62.4 Å². The van der Waals surface area contributed by atoms with E-state index in [4.69, 9.17) is 0 Å². The maximum absolute atomic E-state index is 11.9. The predicted molar refractivity (Wildman–Crippen MR) is 113 cm³/mol. The fourth-order valence-corrected chi connectivity index (χ4v) is 3.93. The Morgan fingerprint density at radius 2 is 1.93 bits per heavy atom. The Hall–Kier alpha value is -2.24. The van der Waals surface area contributed by atoms with Crippen LogP contribution in [0.5, 0.6) is 0 Å². The van der Waals surface area contributed by atoms with Crippen molar-refractivity contribution in [3.63, 3.8) is 0 Å². The summed E-state index contributed by atoms with van der Waals surface area (Å²) in [6.45, 7) is 6.03. The van der Waals surface area contributed by atoms with Gasteiger partial charge in [-0.3, -0.25) is 0 Å². The number of aryl methyl sites for hydroxylation is 2. The number of nitrogens with one attached hydrogen (secondary N) is 1. The normalized spacial score (nSPS) is 11.2. The number of benzene rings is 2. The summed E-state index contributed by atoms with van der Waals surface area (Å²) in [6.07, 6.45) is 2.99. The van der Waals surface area contributed by atoms with E-state index in [0.717, 1.165) is 35.0 Å². The first-order chi connectivity index (χ1) is 13.0. The summed E-state index contributed by atoms with van der Waals surface area (Å²) in [5.74, 6) is -0.866. The molecule has 27 heavy (non-hydrogen) atoms. The van der Waals surface area contributed by atoms with Crippen LogP contribution in [0.1, 0.15) is 34.1 Å². The highest BCUT2D eigenvalue weighted by Gasteiger charge is 2.21. The molecule has 1 aromatic heterocycles. The van der Waals surface area contributed by atoms with E-state index in [-0.39, 0.29) is 0 Å². The number of thioether (sulfide) groups is 1. The summed E-state index contributed by atoms with van der Waals surface area (Å²) >= 11 is 1.74. The number of carboxylic acids is 1. The Labute approximate surface area is 164 Å². The first-order valence-electron chi connectivity index (χ1n) is 9.23. The third-order valence-corrected chi connectivity index (χ3v) is 5.64. The molecular weight excluding hydrogens is 356 g/mol. The molecule has 142 valence electrons. The van der Waals surface area contributed by atoms with Crippen molar-refractivity contribution in [1.29, 1.82) is 0 Å². The number of fused-ring (bicyclic) bond motifs is 1. The maximum atomic E-state index is 11.9. The number of aromatic nitrogens is 1. The Morgan fingerprint density at radius 1 is 1.19 bits per heavy atom. The molecule has 4 nitrogen and oxygen atoms in total. The molecule has 0 amide bonds. The molecule has 0 radical (unpaired) electrons. The van der Waals surface area contributed by atoms with Gasteiger partial charge in [-0.1, -0.05) is 24.3 Å². The highest BCUT2D eigenvalue weighted by molar-refractivity contribution is 7.98. The zero-order valence-electron chi connectivity index (χ0n) is 16.1. The van der Waals surface area contributed by atoms with E-state index >= 15 is 0 Å². The Morgan fingerprint density at radius 3 is 2.56 bits per heavy atom. The van der Waals surface area contributed by atoms with Crippen LogP contribution in [0.2, 0.25) is 0 Å². The lowest BCUT2D eigenvalue weighted by Crippen LogP contribution is -2.19. The van der Waals surface area contributed by atoms with Gasteiger partial charge in [0, 0.05) is 34.5 Å². The van der Waals surface area contributed by atoms with Crippen LogP contribution in [0.3, 0.4) is 0 Å². The van der Waals surface area contributed by atoms with Crippen molar-refractivity contribution in [1.82, 2.24) is 9.88 Å². The molecule has 0 unspecified atom stereocenters. The zero-order chi connectivity index (χ0) is 19.4. The van der Waals surface area contributed by atoms with Gasteiger partial charge in [0.05, 0.1) is 0 Å². The standard InChI is InChI=1S/C22H26N2O2S/c1-4-24-20-13-15(2)5-10-18(20)19(21(24)22(25)26)14-23-12-11-16-6-8-17(27-3)9-7-16/h5-10,13,23H,4,11-12,14H2,1-3H3,(H,25,26). The average molecular weight is 383 g/mol. The number of nitrogens with zero attached hydrogens (tertiary/aromatic N) is 1. The van der Waals surface area contributed by atoms with Gasteiger partial charge in [0.15, 0.2) is 0 Å². The summed E-state index contributed by atoms with van der Waals surface area (Å²) in [5, 5.41) is 14.2. The molecule has 0 bridgehead atoms. The summed E-state index contributed by atoms with van der Waals surface area (Å²) in [6, 6.07) is 14.7. The Kier molecular flexibility index (Phi) is 6.24. The first-order valence-corrected chi connectivity index (χ1v) is 10.5. The second-order valence-corrected chi connectivity index (χ2v) is 7.55. The van der Waals surface area contributed by atoms with Crippen molar-refractivity contribution in [3.05, 3.63) is 64.8 Å². The molecule has 0 saturated heterocycles. The predicted octanol–water partition coefficient (Wildman–Crippen LogP) is 4.72.